The van der Waals surface area contributed by atoms with Crippen LogP contribution in [0.5, 0.6) is 11.6 Å². The molecule has 0 fully saturated rings. The van der Waals surface area contributed by atoms with Crippen molar-refractivity contribution in [2.75, 3.05) is 5.32 Å². The first-order valence-electron chi connectivity index (χ1n) is 9.40. The number of nitrogens with two attached hydrogens (primary N) is 1. The van der Waals surface area contributed by atoms with Crippen LogP contribution in [0.3, 0.4) is 0 Å². The van der Waals surface area contributed by atoms with E-state index in [9.17, 15) is 18.0 Å². The molecule has 3 rings (SSSR count). The summed E-state index contributed by atoms with van der Waals surface area (Å²) in [4.78, 5) is 21.5. The third kappa shape index (κ3) is 5.97. The summed E-state index contributed by atoms with van der Waals surface area (Å²) >= 11 is 0. The van der Waals surface area contributed by atoms with Gasteiger partial charge in [0.25, 0.3) is 5.91 Å². The lowest BCUT2D eigenvalue weighted by atomic mass is 10.2. The van der Waals surface area contributed by atoms with Crippen LogP contribution in [-0.2, 0) is 15.8 Å². The number of aromatic nitrogens is 1. The van der Waals surface area contributed by atoms with Gasteiger partial charge in [0.15, 0.2) is 5.84 Å². The van der Waals surface area contributed by atoms with Crippen LogP contribution in [-0.4, -0.2) is 22.8 Å². The number of amidine groups is 1. The van der Waals surface area contributed by atoms with Crippen LogP contribution in [0.4, 0.5) is 18.9 Å². The van der Waals surface area contributed by atoms with Crippen LogP contribution < -0.4 is 15.8 Å². The molecule has 1 heterocycles. The zero-order valence-electron chi connectivity index (χ0n) is 16.8. The molecule has 0 aliphatic rings. The molecule has 2 aromatic carbocycles. The van der Waals surface area contributed by atoms with Crippen LogP contribution >= 0.6 is 0 Å². The summed E-state index contributed by atoms with van der Waals surface area (Å²) in [5, 5.41) is 6.22. The number of pyridine rings is 1. The number of anilines is 1. The van der Waals surface area contributed by atoms with Gasteiger partial charge in [0, 0.05) is 11.9 Å². The SMILES string of the molecule is C[C@@H](O/N=C(\N)c1cccnc1Oc1ccccc1)C(=O)Nc1ccc(C(F)(F)F)cc1. The molecule has 0 aliphatic carbocycles. The maximum absolute atomic E-state index is 12.6. The standard InChI is InChI=1S/C22H19F3N4O3/c1-14(20(30)28-16-11-9-15(10-12-16)22(23,24)25)32-29-19(26)18-8-5-13-27-21(18)31-17-6-3-2-4-7-17/h2-14H,1H3,(H2,26,29)(H,28,30)/t14-/m1/s1. The van der Waals surface area contributed by atoms with Gasteiger partial charge < -0.3 is 20.6 Å². The minimum Gasteiger partial charge on any atom is -0.438 e. The third-order valence-electron chi connectivity index (χ3n) is 4.16. The Balaban J connectivity index is 1.64. The van der Waals surface area contributed by atoms with Gasteiger partial charge in [-0.2, -0.15) is 13.2 Å². The highest BCUT2D eigenvalue weighted by molar-refractivity contribution is 5.99. The fourth-order valence-electron chi connectivity index (χ4n) is 2.49. The number of nitrogens with zero attached hydrogens (tertiary/aromatic N) is 2. The van der Waals surface area contributed by atoms with Crippen molar-refractivity contribution in [3.63, 3.8) is 0 Å². The largest absolute Gasteiger partial charge is 0.438 e. The smallest absolute Gasteiger partial charge is 0.416 e. The second kappa shape index (κ2) is 9.82. The Bertz CT molecular complexity index is 1090. The van der Waals surface area contributed by atoms with Crippen LogP contribution in [0.2, 0.25) is 0 Å². The lowest BCUT2D eigenvalue weighted by Gasteiger charge is -2.13. The maximum Gasteiger partial charge on any atom is 0.416 e. The minimum absolute atomic E-state index is 0.0711. The highest BCUT2D eigenvalue weighted by Crippen LogP contribution is 2.29. The first kappa shape index (κ1) is 22.6. The van der Waals surface area contributed by atoms with E-state index in [0.29, 0.717) is 11.3 Å². The zero-order chi connectivity index (χ0) is 23.1. The number of carbonyl (C=O) groups excluding carboxylic acids is 1. The molecule has 1 aromatic heterocycles. The first-order valence-corrected chi connectivity index (χ1v) is 9.40. The molecule has 0 aliphatic heterocycles. The van der Waals surface area contributed by atoms with Crippen molar-refractivity contribution >= 4 is 17.4 Å². The van der Waals surface area contributed by atoms with Crippen LogP contribution in [0.1, 0.15) is 18.1 Å². The highest BCUT2D eigenvalue weighted by Gasteiger charge is 2.30. The van der Waals surface area contributed by atoms with Gasteiger partial charge in [-0.1, -0.05) is 23.4 Å². The van der Waals surface area contributed by atoms with E-state index in [4.69, 9.17) is 15.3 Å². The van der Waals surface area contributed by atoms with Crippen LogP contribution in [0.25, 0.3) is 0 Å². The molecular formula is C22H19F3N4O3. The second-order valence-corrected chi connectivity index (χ2v) is 6.56. The molecule has 0 saturated heterocycles. The second-order valence-electron chi connectivity index (χ2n) is 6.56. The van der Waals surface area contributed by atoms with Gasteiger partial charge in [0.2, 0.25) is 12.0 Å². The number of hydrogen-bond donors (Lipinski definition) is 2. The Morgan fingerprint density at radius 1 is 1.06 bits per heavy atom. The number of para-hydroxylation sites is 1. The number of nitrogens with one attached hydrogen (secondary N) is 1. The predicted octanol–water partition coefficient (Wildman–Crippen LogP) is 4.56. The van der Waals surface area contributed by atoms with Gasteiger partial charge in [0.1, 0.15) is 5.75 Å². The molecule has 1 atom stereocenters. The normalized spacial score (nSPS) is 12.7. The van der Waals surface area contributed by atoms with E-state index in [-0.39, 0.29) is 17.4 Å². The number of halogens is 3. The van der Waals surface area contributed by atoms with Gasteiger partial charge in [0.05, 0.1) is 11.1 Å². The predicted molar refractivity (Wildman–Crippen MR) is 112 cm³/mol. The van der Waals surface area contributed by atoms with Crippen molar-refractivity contribution < 1.29 is 27.5 Å². The average Bonchev–Trinajstić information content (AvgIpc) is 2.78. The maximum atomic E-state index is 12.6. The Morgan fingerprint density at radius 2 is 1.75 bits per heavy atom. The van der Waals surface area contributed by atoms with E-state index in [1.165, 1.54) is 13.1 Å². The molecule has 166 valence electrons. The summed E-state index contributed by atoms with van der Waals surface area (Å²) in [7, 11) is 0. The van der Waals surface area contributed by atoms with E-state index in [1.54, 1.807) is 36.4 Å². The van der Waals surface area contributed by atoms with Gasteiger partial charge >= 0.3 is 6.18 Å². The molecule has 0 unspecified atom stereocenters. The van der Waals surface area contributed by atoms with Crippen LogP contribution in [0, 0.1) is 0 Å². The number of benzene rings is 2. The fourth-order valence-corrected chi connectivity index (χ4v) is 2.49. The molecule has 10 heteroatoms. The lowest BCUT2D eigenvalue weighted by molar-refractivity contribution is -0.137. The minimum atomic E-state index is -4.46. The number of alkyl halides is 3. The Morgan fingerprint density at radius 3 is 2.41 bits per heavy atom. The quantitative estimate of drug-likeness (QED) is 0.316. The van der Waals surface area contributed by atoms with Crippen molar-refractivity contribution in [3.8, 4) is 11.6 Å². The van der Waals surface area contributed by atoms with Crippen molar-refractivity contribution in [3.05, 3.63) is 84.1 Å². The van der Waals surface area contributed by atoms with Crippen molar-refractivity contribution in [2.45, 2.75) is 19.2 Å². The van der Waals surface area contributed by atoms with Crippen molar-refractivity contribution in [1.82, 2.24) is 4.98 Å². The van der Waals surface area contributed by atoms with Gasteiger partial charge in [-0.15, -0.1) is 0 Å². The van der Waals surface area contributed by atoms with Crippen LogP contribution in [0.15, 0.2) is 78.1 Å². The van der Waals surface area contributed by atoms with Gasteiger partial charge in [-0.05, 0) is 55.5 Å². The van der Waals surface area contributed by atoms with Crippen molar-refractivity contribution in [1.29, 1.82) is 0 Å². The number of amides is 1. The van der Waals surface area contributed by atoms with Gasteiger partial charge in [-0.3, -0.25) is 4.79 Å². The molecule has 3 N–H and O–H groups in total. The molecule has 32 heavy (non-hydrogen) atoms. The average molecular weight is 444 g/mol. The topological polar surface area (TPSA) is 98.8 Å². The third-order valence-corrected chi connectivity index (χ3v) is 4.16. The zero-order valence-corrected chi connectivity index (χ0v) is 16.8. The summed E-state index contributed by atoms with van der Waals surface area (Å²) in [6.07, 6.45) is -4.01. The number of hydrogen-bond acceptors (Lipinski definition) is 5. The Kier molecular flexibility index (Phi) is 6.93. The van der Waals surface area contributed by atoms with E-state index in [1.807, 2.05) is 6.07 Å². The summed E-state index contributed by atoms with van der Waals surface area (Å²) in [5.41, 5.74) is 5.69. The summed E-state index contributed by atoms with van der Waals surface area (Å²) in [5.74, 6) is 0.0577. The monoisotopic (exact) mass is 444 g/mol. The number of rotatable bonds is 7. The molecule has 0 spiro atoms. The van der Waals surface area contributed by atoms with E-state index < -0.39 is 23.8 Å². The summed E-state index contributed by atoms with van der Waals surface area (Å²) in [6, 6.07) is 16.2. The van der Waals surface area contributed by atoms with E-state index in [2.05, 4.69) is 15.5 Å². The molecule has 0 radical (unpaired) electrons. The Labute approximate surface area is 181 Å². The molecule has 3 aromatic rings. The lowest BCUT2D eigenvalue weighted by Crippen LogP contribution is -2.27. The number of carbonyl (C=O) groups is 1. The molecule has 1 amide bonds. The summed E-state index contributed by atoms with van der Waals surface area (Å²) < 4.78 is 43.6. The molecule has 7 nitrogen and oxygen atoms in total. The van der Waals surface area contributed by atoms with E-state index >= 15 is 0 Å². The number of ether oxygens (including phenoxy) is 1. The van der Waals surface area contributed by atoms with E-state index in [0.717, 1.165) is 24.3 Å². The fraction of sp³-hybridized carbons (Fsp3) is 0.136. The molecular weight excluding hydrogens is 425 g/mol. The first-order chi connectivity index (χ1) is 15.2. The van der Waals surface area contributed by atoms with Gasteiger partial charge in [-0.25, -0.2) is 4.98 Å². The van der Waals surface area contributed by atoms with Crippen molar-refractivity contribution in [2.24, 2.45) is 10.9 Å². The summed E-state index contributed by atoms with van der Waals surface area (Å²) in [6.45, 7) is 1.42. The number of oxime groups is 1. The highest BCUT2D eigenvalue weighted by atomic mass is 19.4. The Hall–Kier alpha value is -4.08. The molecule has 0 saturated carbocycles. The molecule has 0 bridgehead atoms.